The third-order valence-corrected chi connectivity index (χ3v) is 4.77. The molecule has 0 saturated carbocycles. The van der Waals surface area contributed by atoms with Crippen LogP contribution in [0.1, 0.15) is 0 Å². The summed E-state index contributed by atoms with van der Waals surface area (Å²) in [7, 11) is -5.10. The van der Waals surface area contributed by atoms with Crippen molar-refractivity contribution in [2.24, 2.45) is 10.2 Å². The minimum absolute atomic E-state index is 0.0713. The third kappa shape index (κ3) is 3.71. The number of nitro benzene ring substituents is 1. The van der Waals surface area contributed by atoms with Gasteiger partial charge in [0.1, 0.15) is 10.6 Å². The zero-order valence-electron chi connectivity index (χ0n) is 13.2. The molecule has 3 aromatic rings. The topological polar surface area (TPSA) is 122 Å². The first-order valence-electron chi connectivity index (χ1n) is 7.23. The van der Waals surface area contributed by atoms with Crippen molar-refractivity contribution in [1.29, 1.82) is 0 Å². The molecular formula is C16H9ClFN3O5S. The van der Waals surface area contributed by atoms with Crippen molar-refractivity contribution in [3.05, 3.63) is 63.7 Å². The lowest BCUT2D eigenvalue weighted by atomic mass is 10.1. The normalized spacial score (nSPS) is 11.9. The zero-order chi connectivity index (χ0) is 19.8. The lowest BCUT2D eigenvalue weighted by Crippen LogP contribution is -1.95. The van der Waals surface area contributed by atoms with E-state index >= 15 is 0 Å². The molecule has 27 heavy (non-hydrogen) atoms. The van der Waals surface area contributed by atoms with Crippen molar-refractivity contribution in [2.45, 2.75) is 4.90 Å². The summed E-state index contributed by atoms with van der Waals surface area (Å²) >= 11 is 6.06. The smallest absolute Gasteiger partial charge is 0.332 e. The molecule has 138 valence electrons. The second-order valence-corrected chi connectivity index (χ2v) is 7.07. The molecule has 0 bridgehead atoms. The van der Waals surface area contributed by atoms with Crippen molar-refractivity contribution >= 4 is 49.7 Å². The van der Waals surface area contributed by atoms with E-state index in [4.69, 9.17) is 11.6 Å². The van der Waals surface area contributed by atoms with Crippen LogP contribution in [0.25, 0.3) is 10.8 Å². The predicted octanol–water partition coefficient (Wildman–Crippen LogP) is 5.18. The molecule has 0 aliphatic carbocycles. The van der Waals surface area contributed by atoms with Gasteiger partial charge in [-0.3, -0.25) is 10.1 Å². The SMILES string of the molecule is O=[N+]([O-])c1cc(S(=O)(=O)F)ccc1N=Nc1ccc(O)c2c(Cl)cccc12. The number of nitro groups is 1. The van der Waals surface area contributed by atoms with Crippen LogP contribution in [0, 0.1) is 10.1 Å². The zero-order valence-corrected chi connectivity index (χ0v) is 14.8. The lowest BCUT2D eigenvalue weighted by molar-refractivity contribution is -0.384. The fourth-order valence-electron chi connectivity index (χ4n) is 2.41. The van der Waals surface area contributed by atoms with Crippen LogP contribution in [0.5, 0.6) is 5.75 Å². The highest BCUT2D eigenvalue weighted by atomic mass is 35.5. The summed E-state index contributed by atoms with van der Waals surface area (Å²) in [6.45, 7) is 0. The van der Waals surface area contributed by atoms with Crippen LogP contribution >= 0.6 is 11.6 Å². The molecule has 0 radical (unpaired) electrons. The number of fused-ring (bicyclic) bond motifs is 1. The molecule has 0 aliphatic rings. The van der Waals surface area contributed by atoms with Crippen LogP contribution in [-0.4, -0.2) is 18.4 Å². The van der Waals surface area contributed by atoms with Crippen molar-refractivity contribution in [1.82, 2.24) is 0 Å². The van der Waals surface area contributed by atoms with Gasteiger partial charge in [-0.1, -0.05) is 23.7 Å². The largest absolute Gasteiger partial charge is 0.507 e. The second kappa shape index (κ2) is 6.89. The number of nitrogens with zero attached hydrogens (tertiary/aromatic N) is 3. The highest BCUT2D eigenvalue weighted by Crippen LogP contribution is 2.38. The van der Waals surface area contributed by atoms with Gasteiger partial charge in [0, 0.05) is 16.8 Å². The number of hydrogen-bond acceptors (Lipinski definition) is 7. The molecule has 0 heterocycles. The Kier molecular flexibility index (Phi) is 4.77. The first-order valence-corrected chi connectivity index (χ1v) is 8.99. The van der Waals surface area contributed by atoms with Gasteiger partial charge in [0.15, 0.2) is 5.69 Å². The van der Waals surface area contributed by atoms with E-state index in [1.807, 2.05) is 0 Å². The lowest BCUT2D eigenvalue weighted by Gasteiger charge is -2.05. The molecule has 0 fully saturated rings. The Labute approximate surface area is 156 Å². The van der Waals surface area contributed by atoms with E-state index in [0.29, 0.717) is 16.8 Å². The van der Waals surface area contributed by atoms with Gasteiger partial charge in [0.2, 0.25) is 0 Å². The molecule has 0 amide bonds. The first-order chi connectivity index (χ1) is 12.7. The summed E-state index contributed by atoms with van der Waals surface area (Å²) in [5, 5.41) is 29.9. The molecule has 11 heteroatoms. The molecule has 3 aromatic carbocycles. The van der Waals surface area contributed by atoms with Crippen LogP contribution in [0.4, 0.5) is 20.9 Å². The van der Waals surface area contributed by atoms with Crippen molar-refractivity contribution in [3.63, 3.8) is 0 Å². The molecule has 3 rings (SSSR count). The van der Waals surface area contributed by atoms with Crippen molar-refractivity contribution < 1.29 is 22.3 Å². The van der Waals surface area contributed by atoms with Gasteiger partial charge in [0.25, 0.3) is 5.69 Å². The van der Waals surface area contributed by atoms with Gasteiger partial charge in [-0.05, 0) is 30.3 Å². The molecule has 0 spiro atoms. The van der Waals surface area contributed by atoms with E-state index in [2.05, 4.69) is 10.2 Å². The summed E-state index contributed by atoms with van der Waals surface area (Å²) in [5.74, 6) is -0.0713. The summed E-state index contributed by atoms with van der Waals surface area (Å²) in [5.41, 5.74) is -0.726. The van der Waals surface area contributed by atoms with Gasteiger partial charge < -0.3 is 5.11 Å². The highest BCUT2D eigenvalue weighted by Gasteiger charge is 2.21. The quantitative estimate of drug-likeness (QED) is 0.275. The number of azo groups is 1. The van der Waals surface area contributed by atoms with Gasteiger partial charge in [-0.25, -0.2) is 0 Å². The maximum absolute atomic E-state index is 13.1. The van der Waals surface area contributed by atoms with E-state index in [9.17, 15) is 27.5 Å². The van der Waals surface area contributed by atoms with E-state index in [1.54, 1.807) is 18.2 Å². The Morgan fingerprint density at radius 1 is 1.07 bits per heavy atom. The maximum atomic E-state index is 13.1. The van der Waals surface area contributed by atoms with E-state index in [-0.39, 0.29) is 22.1 Å². The molecule has 0 aromatic heterocycles. The number of hydrogen-bond donors (Lipinski definition) is 1. The number of benzene rings is 3. The molecule has 0 saturated heterocycles. The third-order valence-electron chi connectivity index (χ3n) is 3.64. The highest BCUT2D eigenvalue weighted by molar-refractivity contribution is 7.86. The van der Waals surface area contributed by atoms with Gasteiger partial charge in [-0.15, -0.1) is 14.1 Å². The van der Waals surface area contributed by atoms with E-state index < -0.39 is 25.7 Å². The molecule has 0 unspecified atom stereocenters. The fourth-order valence-corrected chi connectivity index (χ4v) is 3.16. The summed E-state index contributed by atoms with van der Waals surface area (Å²) < 4.78 is 34.9. The summed E-state index contributed by atoms with van der Waals surface area (Å²) in [4.78, 5) is 9.40. The van der Waals surface area contributed by atoms with Gasteiger partial charge >= 0.3 is 10.2 Å². The van der Waals surface area contributed by atoms with Crippen LogP contribution in [0.2, 0.25) is 5.02 Å². The predicted molar refractivity (Wildman–Crippen MR) is 96.2 cm³/mol. The van der Waals surface area contributed by atoms with Gasteiger partial charge in [-0.2, -0.15) is 8.42 Å². The number of phenolic OH excluding ortho intramolecular Hbond substituents is 1. The summed E-state index contributed by atoms with van der Waals surface area (Å²) in [6.07, 6.45) is 0. The van der Waals surface area contributed by atoms with Crippen molar-refractivity contribution in [2.75, 3.05) is 0 Å². The van der Waals surface area contributed by atoms with Crippen LogP contribution in [0.3, 0.4) is 0 Å². The standard InChI is InChI=1S/C16H9ClFN3O5S/c17-11-3-1-2-10-12(6-7-15(22)16(10)11)19-20-13-5-4-9(27(18,25)26)8-14(13)21(23)24/h1-8,22H. The average Bonchev–Trinajstić information content (AvgIpc) is 2.60. The average molecular weight is 410 g/mol. The second-order valence-electron chi connectivity index (χ2n) is 5.31. The molecule has 8 nitrogen and oxygen atoms in total. The summed E-state index contributed by atoms with van der Waals surface area (Å²) in [6, 6.07) is 10.0. The minimum atomic E-state index is -5.10. The minimum Gasteiger partial charge on any atom is -0.507 e. The Morgan fingerprint density at radius 2 is 1.74 bits per heavy atom. The number of aromatic hydroxyl groups is 1. The molecule has 0 aliphatic heterocycles. The Bertz CT molecular complexity index is 1210. The van der Waals surface area contributed by atoms with Crippen LogP contribution in [0.15, 0.2) is 63.7 Å². The van der Waals surface area contributed by atoms with Crippen LogP contribution in [-0.2, 0) is 10.2 Å². The molecular weight excluding hydrogens is 401 g/mol. The fraction of sp³-hybridized carbons (Fsp3) is 0. The van der Waals surface area contributed by atoms with Crippen molar-refractivity contribution in [3.8, 4) is 5.75 Å². The molecule has 1 N–H and O–H groups in total. The number of rotatable bonds is 4. The van der Waals surface area contributed by atoms with Gasteiger partial charge in [0.05, 0.1) is 15.6 Å². The molecule has 0 atom stereocenters. The van der Waals surface area contributed by atoms with E-state index in [1.165, 1.54) is 12.1 Å². The van der Waals surface area contributed by atoms with E-state index in [0.717, 1.165) is 12.1 Å². The Balaban J connectivity index is 2.12. The Morgan fingerprint density at radius 3 is 2.41 bits per heavy atom. The number of halogens is 2. The Hall–Kier alpha value is -3.11. The van der Waals surface area contributed by atoms with Crippen LogP contribution < -0.4 is 0 Å². The maximum Gasteiger partial charge on any atom is 0.332 e. The number of phenols is 1. The first kappa shape index (κ1) is 18.7. The monoisotopic (exact) mass is 409 g/mol.